The van der Waals surface area contributed by atoms with Gasteiger partial charge in [0, 0.05) is 6.42 Å². The molecule has 1 aromatic carbocycles. The normalized spacial score (nSPS) is 20.2. The van der Waals surface area contributed by atoms with Gasteiger partial charge in [0.15, 0.2) is 0 Å². The van der Waals surface area contributed by atoms with E-state index in [1.165, 1.54) is 0 Å². The summed E-state index contributed by atoms with van der Waals surface area (Å²) >= 11 is 0. The molecule has 1 aliphatic heterocycles. The van der Waals surface area contributed by atoms with Gasteiger partial charge in [0.05, 0.1) is 12.5 Å². The average Bonchev–Trinajstić information content (AvgIpc) is 2.75. The molecule has 1 fully saturated rings. The first-order valence-electron chi connectivity index (χ1n) is 6.68. The monoisotopic (exact) mass is 261 g/mol. The highest BCUT2D eigenvalue weighted by Crippen LogP contribution is 2.30. The summed E-state index contributed by atoms with van der Waals surface area (Å²) < 4.78 is 5.52. The fourth-order valence-electron chi connectivity index (χ4n) is 2.30. The third-order valence-corrected chi connectivity index (χ3v) is 3.49. The molecular weight excluding hydrogens is 242 g/mol. The van der Waals surface area contributed by atoms with Gasteiger partial charge in [0.2, 0.25) is 11.8 Å². The van der Waals surface area contributed by atoms with Crippen molar-refractivity contribution >= 4 is 11.8 Å². The molecule has 2 unspecified atom stereocenters. The topological polar surface area (TPSA) is 55.4 Å². The number of carbonyl (C=O) groups is 2. The smallest absolute Gasteiger partial charge is 0.230 e. The van der Waals surface area contributed by atoms with Crippen LogP contribution < -0.4 is 10.1 Å². The van der Waals surface area contributed by atoms with E-state index in [1.807, 2.05) is 31.2 Å². The maximum absolute atomic E-state index is 11.7. The molecule has 1 saturated heterocycles. The van der Waals surface area contributed by atoms with E-state index in [-0.39, 0.29) is 30.1 Å². The number of amides is 2. The predicted octanol–water partition coefficient (Wildman–Crippen LogP) is 2.24. The lowest BCUT2D eigenvalue weighted by molar-refractivity contribution is -0.126. The lowest BCUT2D eigenvalue weighted by atomic mass is 9.86. The minimum absolute atomic E-state index is 0.0340. The molecule has 0 saturated carbocycles. The third-order valence-electron chi connectivity index (χ3n) is 3.49. The van der Waals surface area contributed by atoms with Gasteiger partial charge in [-0.15, -0.1) is 0 Å². The van der Waals surface area contributed by atoms with E-state index < -0.39 is 0 Å². The van der Waals surface area contributed by atoms with Crippen molar-refractivity contribution in [3.63, 3.8) is 0 Å². The van der Waals surface area contributed by atoms with Crippen LogP contribution in [0.3, 0.4) is 0 Å². The van der Waals surface area contributed by atoms with Crippen molar-refractivity contribution in [1.82, 2.24) is 5.32 Å². The molecule has 0 radical (unpaired) electrons. The van der Waals surface area contributed by atoms with E-state index in [1.54, 1.807) is 0 Å². The Balaban J connectivity index is 2.05. The number of imide groups is 1. The van der Waals surface area contributed by atoms with Gasteiger partial charge in [0.1, 0.15) is 5.75 Å². The van der Waals surface area contributed by atoms with Crippen LogP contribution in [0.4, 0.5) is 0 Å². The number of ether oxygens (including phenoxy) is 1. The fourth-order valence-corrected chi connectivity index (χ4v) is 2.30. The predicted molar refractivity (Wildman–Crippen MR) is 71.9 cm³/mol. The van der Waals surface area contributed by atoms with Crippen LogP contribution in [0, 0.1) is 5.92 Å². The Kier molecular flexibility index (Phi) is 4.20. The molecule has 0 aromatic heterocycles. The second-order valence-corrected chi connectivity index (χ2v) is 4.93. The molecule has 4 heteroatoms. The molecule has 2 amide bonds. The summed E-state index contributed by atoms with van der Waals surface area (Å²) in [6.07, 6.45) is 1.26. The molecule has 2 atom stereocenters. The number of hydrogen-bond acceptors (Lipinski definition) is 3. The van der Waals surface area contributed by atoms with E-state index in [0.29, 0.717) is 6.61 Å². The molecule has 1 heterocycles. The standard InChI is InChI=1S/C15H19NO3/c1-3-8-19-12-6-4-11(5-7-12)10(2)13-9-14(17)16-15(13)18/h4-7,10,13H,3,8-9H2,1-2H3,(H,16,17,18). The van der Waals surface area contributed by atoms with Gasteiger partial charge < -0.3 is 4.74 Å². The molecule has 4 nitrogen and oxygen atoms in total. The average molecular weight is 261 g/mol. The fraction of sp³-hybridized carbons (Fsp3) is 0.467. The van der Waals surface area contributed by atoms with E-state index in [9.17, 15) is 9.59 Å². The molecule has 19 heavy (non-hydrogen) atoms. The molecule has 2 rings (SSSR count). The zero-order valence-corrected chi connectivity index (χ0v) is 11.3. The van der Waals surface area contributed by atoms with Crippen LogP contribution in [-0.4, -0.2) is 18.4 Å². The summed E-state index contributed by atoms with van der Waals surface area (Å²) in [5.74, 6) is 0.278. The van der Waals surface area contributed by atoms with Crippen LogP contribution in [0.2, 0.25) is 0 Å². The van der Waals surface area contributed by atoms with Crippen molar-refractivity contribution in [2.75, 3.05) is 6.61 Å². The summed E-state index contributed by atoms with van der Waals surface area (Å²) in [4.78, 5) is 22.9. The Labute approximate surface area is 113 Å². The van der Waals surface area contributed by atoms with Gasteiger partial charge in [-0.05, 0) is 30.0 Å². The second kappa shape index (κ2) is 5.87. The Morgan fingerprint density at radius 2 is 2.00 bits per heavy atom. The highest BCUT2D eigenvalue weighted by Gasteiger charge is 2.35. The van der Waals surface area contributed by atoms with Gasteiger partial charge in [0.25, 0.3) is 0 Å². The number of nitrogens with one attached hydrogen (secondary N) is 1. The zero-order valence-electron chi connectivity index (χ0n) is 11.3. The van der Waals surface area contributed by atoms with Crippen LogP contribution in [-0.2, 0) is 9.59 Å². The van der Waals surface area contributed by atoms with Crippen molar-refractivity contribution in [2.24, 2.45) is 5.92 Å². The number of hydrogen-bond donors (Lipinski definition) is 1. The van der Waals surface area contributed by atoms with Crippen LogP contribution in [0.5, 0.6) is 5.75 Å². The quantitative estimate of drug-likeness (QED) is 0.827. The molecule has 1 N–H and O–H groups in total. The number of benzene rings is 1. The maximum Gasteiger partial charge on any atom is 0.230 e. The van der Waals surface area contributed by atoms with Crippen LogP contribution in [0.15, 0.2) is 24.3 Å². The molecule has 1 aliphatic rings. The van der Waals surface area contributed by atoms with Crippen molar-refractivity contribution in [2.45, 2.75) is 32.6 Å². The summed E-state index contributed by atoms with van der Waals surface area (Å²) in [5, 5.41) is 2.35. The van der Waals surface area contributed by atoms with Crippen molar-refractivity contribution in [3.05, 3.63) is 29.8 Å². The molecule has 0 spiro atoms. The minimum Gasteiger partial charge on any atom is -0.494 e. The Hall–Kier alpha value is -1.84. The summed E-state index contributed by atoms with van der Waals surface area (Å²) in [5.41, 5.74) is 1.05. The van der Waals surface area contributed by atoms with Gasteiger partial charge in [-0.3, -0.25) is 14.9 Å². The molecular formula is C15H19NO3. The van der Waals surface area contributed by atoms with E-state index in [4.69, 9.17) is 4.74 Å². The first-order chi connectivity index (χ1) is 9.11. The van der Waals surface area contributed by atoms with Crippen LogP contribution >= 0.6 is 0 Å². The summed E-state index contributed by atoms with van der Waals surface area (Å²) in [6, 6.07) is 7.75. The largest absolute Gasteiger partial charge is 0.494 e. The Morgan fingerprint density at radius 3 is 2.53 bits per heavy atom. The van der Waals surface area contributed by atoms with Gasteiger partial charge in [-0.1, -0.05) is 26.0 Å². The van der Waals surface area contributed by atoms with E-state index >= 15 is 0 Å². The number of rotatable bonds is 5. The second-order valence-electron chi connectivity index (χ2n) is 4.93. The highest BCUT2D eigenvalue weighted by molar-refractivity contribution is 6.03. The lowest BCUT2D eigenvalue weighted by Gasteiger charge is -2.17. The van der Waals surface area contributed by atoms with Gasteiger partial charge in [-0.2, -0.15) is 0 Å². The van der Waals surface area contributed by atoms with Gasteiger partial charge >= 0.3 is 0 Å². The van der Waals surface area contributed by atoms with Crippen molar-refractivity contribution in [1.29, 1.82) is 0 Å². The zero-order chi connectivity index (χ0) is 13.8. The molecule has 102 valence electrons. The third kappa shape index (κ3) is 3.13. The Morgan fingerprint density at radius 1 is 1.32 bits per heavy atom. The summed E-state index contributed by atoms with van der Waals surface area (Å²) in [6.45, 7) is 4.74. The molecule has 0 bridgehead atoms. The van der Waals surface area contributed by atoms with Crippen molar-refractivity contribution < 1.29 is 14.3 Å². The lowest BCUT2D eigenvalue weighted by Crippen LogP contribution is -2.24. The van der Waals surface area contributed by atoms with E-state index in [0.717, 1.165) is 17.7 Å². The summed E-state index contributed by atoms with van der Waals surface area (Å²) in [7, 11) is 0. The van der Waals surface area contributed by atoms with Crippen LogP contribution in [0.25, 0.3) is 0 Å². The first kappa shape index (κ1) is 13.6. The SMILES string of the molecule is CCCOc1ccc(C(C)C2CC(=O)NC2=O)cc1. The first-order valence-corrected chi connectivity index (χ1v) is 6.68. The van der Waals surface area contributed by atoms with Crippen LogP contribution in [0.1, 0.15) is 38.2 Å². The van der Waals surface area contributed by atoms with Gasteiger partial charge in [-0.25, -0.2) is 0 Å². The maximum atomic E-state index is 11.7. The van der Waals surface area contributed by atoms with E-state index in [2.05, 4.69) is 12.2 Å². The number of carbonyl (C=O) groups excluding carboxylic acids is 2. The van der Waals surface area contributed by atoms with Crippen molar-refractivity contribution in [3.8, 4) is 5.75 Å². The minimum atomic E-state index is -0.255. The Bertz CT molecular complexity index is 467. The highest BCUT2D eigenvalue weighted by atomic mass is 16.5. The molecule has 1 aromatic rings. The molecule has 0 aliphatic carbocycles.